The summed E-state index contributed by atoms with van der Waals surface area (Å²) in [7, 11) is 0. The Hall–Kier alpha value is -3.68. The van der Waals surface area contributed by atoms with Gasteiger partial charge in [-0.3, -0.25) is 14.8 Å². The lowest BCUT2D eigenvalue weighted by Crippen LogP contribution is -2.29. The van der Waals surface area contributed by atoms with Gasteiger partial charge in [-0.25, -0.2) is 5.48 Å². The topological polar surface area (TPSA) is 96.9 Å². The van der Waals surface area contributed by atoms with Crippen LogP contribution >= 0.6 is 0 Å². The predicted octanol–water partition coefficient (Wildman–Crippen LogP) is 3.96. The number of ether oxygens (including phenoxy) is 2. The van der Waals surface area contributed by atoms with Gasteiger partial charge in [-0.15, -0.1) is 0 Å². The van der Waals surface area contributed by atoms with E-state index in [1.54, 1.807) is 35.8 Å². The molecule has 3 N–H and O–H groups in total. The largest absolute Gasteiger partial charge is 0.488 e. The molecular weight excluding hydrogens is 420 g/mol. The number of fused-ring (bicyclic) bond motifs is 1. The van der Waals surface area contributed by atoms with E-state index < -0.39 is 5.91 Å². The van der Waals surface area contributed by atoms with Gasteiger partial charge in [0.2, 0.25) is 0 Å². The Balaban J connectivity index is 1.77. The Morgan fingerprint density at radius 3 is 2.52 bits per heavy atom. The van der Waals surface area contributed by atoms with E-state index in [1.165, 1.54) is 0 Å². The van der Waals surface area contributed by atoms with Gasteiger partial charge >= 0.3 is 0 Å². The zero-order valence-electron chi connectivity index (χ0n) is 18.5. The van der Waals surface area contributed by atoms with Gasteiger partial charge in [0.25, 0.3) is 11.8 Å². The minimum Gasteiger partial charge on any atom is -0.488 e. The molecule has 7 heteroatoms. The van der Waals surface area contributed by atoms with Gasteiger partial charge in [0, 0.05) is 30.7 Å². The molecule has 0 fully saturated rings. The quantitative estimate of drug-likeness (QED) is 0.179. The molecule has 3 rings (SSSR count). The van der Waals surface area contributed by atoms with Gasteiger partial charge in [0.1, 0.15) is 12.4 Å². The third kappa shape index (κ3) is 6.90. The van der Waals surface area contributed by atoms with Gasteiger partial charge in [-0.05, 0) is 48.6 Å². The Bertz CT molecular complexity index is 1100. The van der Waals surface area contributed by atoms with Crippen LogP contribution in [0.5, 0.6) is 5.75 Å². The lowest BCUT2D eigenvalue weighted by atomic mass is 10.1. The molecule has 0 heterocycles. The van der Waals surface area contributed by atoms with Crippen LogP contribution in [0, 0.1) is 0 Å². The number of carbonyl (C=O) groups excluding carboxylic acids is 2. The fraction of sp³-hybridized carbons (Fsp3) is 0.231. The highest BCUT2D eigenvalue weighted by atomic mass is 16.5. The SMILES string of the molecule is CCOCCCNC(=O)C(=Cc1ccc(C(=O)NO)cc1)COc1cccc2ccccc12. The van der Waals surface area contributed by atoms with Crippen molar-refractivity contribution in [1.82, 2.24) is 10.8 Å². The first-order valence-electron chi connectivity index (χ1n) is 10.8. The van der Waals surface area contributed by atoms with E-state index in [0.29, 0.717) is 43.1 Å². The van der Waals surface area contributed by atoms with Gasteiger partial charge < -0.3 is 14.8 Å². The number of hydrogen-bond acceptors (Lipinski definition) is 5. The summed E-state index contributed by atoms with van der Waals surface area (Å²) >= 11 is 0. The number of hydroxylamine groups is 1. The van der Waals surface area contributed by atoms with Gasteiger partial charge in [0.05, 0.1) is 5.57 Å². The molecule has 7 nitrogen and oxygen atoms in total. The fourth-order valence-electron chi connectivity index (χ4n) is 3.28. The second kappa shape index (κ2) is 12.4. The fourth-order valence-corrected chi connectivity index (χ4v) is 3.28. The van der Waals surface area contributed by atoms with Crippen LogP contribution in [0.25, 0.3) is 16.8 Å². The smallest absolute Gasteiger partial charge is 0.274 e. The van der Waals surface area contributed by atoms with Crippen molar-refractivity contribution in [2.24, 2.45) is 0 Å². The molecule has 0 bridgehead atoms. The maximum absolute atomic E-state index is 12.9. The zero-order chi connectivity index (χ0) is 23.5. The second-order valence-corrected chi connectivity index (χ2v) is 7.30. The molecule has 33 heavy (non-hydrogen) atoms. The highest BCUT2D eigenvalue weighted by Gasteiger charge is 2.12. The molecule has 0 atom stereocenters. The summed E-state index contributed by atoms with van der Waals surface area (Å²) in [5.41, 5.74) is 3.08. The maximum atomic E-state index is 12.9. The predicted molar refractivity (Wildman–Crippen MR) is 127 cm³/mol. The van der Waals surface area contributed by atoms with Crippen LogP contribution in [0.4, 0.5) is 0 Å². The minimum atomic E-state index is -0.600. The van der Waals surface area contributed by atoms with E-state index in [-0.39, 0.29) is 12.5 Å². The molecule has 0 unspecified atom stereocenters. The monoisotopic (exact) mass is 448 g/mol. The van der Waals surface area contributed by atoms with E-state index in [1.807, 2.05) is 49.4 Å². The van der Waals surface area contributed by atoms with E-state index in [9.17, 15) is 9.59 Å². The van der Waals surface area contributed by atoms with E-state index in [2.05, 4.69) is 5.32 Å². The van der Waals surface area contributed by atoms with Crippen LogP contribution in [0.2, 0.25) is 0 Å². The van der Waals surface area contributed by atoms with Gasteiger partial charge in [0.15, 0.2) is 0 Å². The lowest BCUT2D eigenvalue weighted by Gasteiger charge is -2.13. The highest BCUT2D eigenvalue weighted by Crippen LogP contribution is 2.25. The van der Waals surface area contributed by atoms with Crippen molar-refractivity contribution >= 4 is 28.7 Å². The average molecular weight is 449 g/mol. The van der Waals surface area contributed by atoms with Crippen molar-refractivity contribution in [2.75, 3.05) is 26.4 Å². The third-order valence-corrected chi connectivity index (χ3v) is 4.99. The molecule has 0 aliphatic rings. The van der Waals surface area contributed by atoms with Crippen molar-refractivity contribution < 1.29 is 24.3 Å². The molecule has 172 valence electrons. The highest BCUT2D eigenvalue weighted by molar-refractivity contribution is 5.98. The molecule has 0 saturated carbocycles. The summed E-state index contributed by atoms with van der Waals surface area (Å²) in [5.74, 6) is -0.140. The first-order valence-corrected chi connectivity index (χ1v) is 10.8. The van der Waals surface area contributed by atoms with Crippen LogP contribution < -0.4 is 15.5 Å². The van der Waals surface area contributed by atoms with E-state index in [0.717, 1.165) is 16.3 Å². The van der Waals surface area contributed by atoms with Crippen molar-refractivity contribution in [1.29, 1.82) is 0 Å². The number of rotatable bonds is 11. The number of nitrogens with one attached hydrogen (secondary N) is 2. The zero-order valence-corrected chi connectivity index (χ0v) is 18.5. The van der Waals surface area contributed by atoms with Crippen molar-refractivity contribution in [3.8, 4) is 5.75 Å². The second-order valence-electron chi connectivity index (χ2n) is 7.30. The maximum Gasteiger partial charge on any atom is 0.274 e. The van der Waals surface area contributed by atoms with Crippen LogP contribution in [-0.4, -0.2) is 43.4 Å². The van der Waals surface area contributed by atoms with Crippen molar-refractivity contribution in [3.05, 3.63) is 83.4 Å². The number of hydrogen-bond donors (Lipinski definition) is 3. The Kier molecular flexibility index (Phi) is 8.99. The summed E-state index contributed by atoms with van der Waals surface area (Å²) in [4.78, 5) is 24.4. The summed E-state index contributed by atoms with van der Waals surface area (Å²) in [6.45, 7) is 3.71. The molecule has 0 aromatic heterocycles. The molecule has 3 aromatic carbocycles. The summed E-state index contributed by atoms with van der Waals surface area (Å²) in [6, 6.07) is 20.2. The normalized spacial score (nSPS) is 11.3. The molecule has 0 aliphatic carbocycles. The Morgan fingerprint density at radius 2 is 1.76 bits per heavy atom. The summed E-state index contributed by atoms with van der Waals surface area (Å²) < 4.78 is 11.4. The standard InChI is InChI=1S/C26H28N2O5/c1-2-32-16-6-15-27-25(29)22(17-19-11-13-21(14-12-19)26(30)28-31)18-33-24-10-5-8-20-7-3-4-9-23(20)24/h3-5,7-14,17,31H,2,6,15-16,18H2,1H3,(H,27,29)(H,28,30). The molecule has 0 radical (unpaired) electrons. The minimum absolute atomic E-state index is 0.0736. The average Bonchev–Trinajstić information content (AvgIpc) is 2.86. The number of amides is 2. The van der Waals surface area contributed by atoms with E-state index in [4.69, 9.17) is 14.7 Å². The molecule has 0 spiro atoms. The summed E-state index contributed by atoms with van der Waals surface area (Å²) in [6.07, 6.45) is 2.44. The van der Waals surface area contributed by atoms with Crippen molar-refractivity contribution in [2.45, 2.75) is 13.3 Å². The first kappa shape index (κ1) is 24.0. The van der Waals surface area contributed by atoms with Crippen LogP contribution in [-0.2, 0) is 9.53 Å². The van der Waals surface area contributed by atoms with Crippen LogP contribution in [0.15, 0.2) is 72.3 Å². The molecule has 2 amide bonds. The van der Waals surface area contributed by atoms with Crippen LogP contribution in [0.3, 0.4) is 0 Å². The lowest BCUT2D eigenvalue weighted by molar-refractivity contribution is -0.117. The first-order chi connectivity index (χ1) is 16.1. The van der Waals surface area contributed by atoms with Gasteiger partial charge in [-0.1, -0.05) is 48.5 Å². The Labute approximate surface area is 193 Å². The van der Waals surface area contributed by atoms with Gasteiger partial charge in [-0.2, -0.15) is 0 Å². The number of benzene rings is 3. The molecule has 0 saturated heterocycles. The molecule has 0 aliphatic heterocycles. The van der Waals surface area contributed by atoms with E-state index >= 15 is 0 Å². The third-order valence-electron chi connectivity index (χ3n) is 4.99. The summed E-state index contributed by atoms with van der Waals surface area (Å²) in [5, 5.41) is 13.7. The van der Waals surface area contributed by atoms with Crippen molar-refractivity contribution in [3.63, 3.8) is 0 Å². The molecular formula is C26H28N2O5. The van der Waals surface area contributed by atoms with Crippen LogP contribution in [0.1, 0.15) is 29.3 Å². The molecule has 3 aromatic rings. The number of carbonyl (C=O) groups is 2. The Morgan fingerprint density at radius 1 is 1.00 bits per heavy atom.